The first-order valence-electron chi connectivity index (χ1n) is 4.29. The number of hydrogen-bond acceptors (Lipinski definition) is 3. The van der Waals surface area contributed by atoms with E-state index < -0.39 is 0 Å². The lowest BCUT2D eigenvalue weighted by Crippen LogP contribution is -2.47. The topological polar surface area (TPSA) is 100.0 Å². The van der Waals surface area contributed by atoms with Gasteiger partial charge in [-0.25, -0.2) is 5.84 Å². The minimum Gasteiger partial charge on any atom is -0.353 e. The Morgan fingerprint density at radius 3 is 2.33 bits per heavy atom. The molecule has 0 unspecified atom stereocenters. The van der Waals surface area contributed by atoms with Crippen LogP contribution in [-0.4, -0.2) is 18.0 Å². The average Bonchev–Trinajstić information content (AvgIpc) is 2.09. The second kappa shape index (κ2) is 4.27. The van der Waals surface area contributed by atoms with Gasteiger partial charge in [0.2, 0.25) is 5.96 Å². The summed E-state index contributed by atoms with van der Waals surface area (Å²) in [6, 6.07) is 0.719. The van der Waals surface area contributed by atoms with Crippen LogP contribution < -0.4 is 22.3 Å². The van der Waals surface area contributed by atoms with Crippen molar-refractivity contribution in [2.45, 2.75) is 37.8 Å². The lowest BCUT2D eigenvalue weighted by atomic mass is 9.92. The maximum absolute atomic E-state index is 7.25. The first-order valence-corrected chi connectivity index (χ1v) is 4.29. The minimum atomic E-state index is 0.190. The van der Waals surface area contributed by atoms with Gasteiger partial charge in [0.15, 0.2) is 0 Å². The molecule has 5 nitrogen and oxygen atoms in total. The van der Waals surface area contributed by atoms with Crippen molar-refractivity contribution < 1.29 is 0 Å². The van der Waals surface area contributed by atoms with Crippen molar-refractivity contribution in [3.05, 3.63) is 0 Å². The summed E-state index contributed by atoms with van der Waals surface area (Å²) < 4.78 is 0. The van der Waals surface area contributed by atoms with Crippen LogP contribution in [0.5, 0.6) is 0 Å². The molecule has 1 aliphatic carbocycles. The molecule has 1 saturated carbocycles. The van der Waals surface area contributed by atoms with Gasteiger partial charge in [-0.1, -0.05) is 0 Å². The number of hydrazine groups is 1. The summed E-state index contributed by atoms with van der Waals surface area (Å²) in [7, 11) is 0. The summed E-state index contributed by atoms with van der Waals surface area (Å²) in [5.74, 6) is 5.25. The third-order valence-electron chi connectivity index (χ3n) is 2.26. The summed E-state index contributed by atoms with van der Waals surface area (Å²) >= 11 is 0. The van der Waals surface area contributed by atoms with Gasteiger partial charge in [0.05, 0.1) is 0 Å². The van der Waals surface area contributed by atoms with Crippen molar-refractivity contribution in [3.63, 3.8) is 0 Å². The van der Waals surface area contributed by atoms with Gasteiger partial charge in [-0.2, -0.15) is 0 Å². The molecule has 0 radical (unpaired) electrons. The standard InChI is InChI=1S/C7H17N5/c8-5-1-3-6(4-2-5)11-7(9)12-10/h5-6H,1-4,8,10H2,(H3,9,11,12)/t5-,6-. The SMILES string of the molecule is N=C(NN)N[C@H]1CC[C@H](N)CC1. The Hall–Kier alpha value is -0.810. The van der Waals surface area contributed by atoms with E-state index >= 15 is 0 Å². The highest BCUT2D eigenvalue weighted by atomic mass is 15.3. The van der Waals surface area contributed by atoms with Crippen molar-refractivity contribution in [1.82, 2.24) is 10.7 Å². The zero-order valence-corrected chi connectivity index (χ0v) is 7.14. The molecule has 1 fully saturated rings. The Morgan fingerprint density at radius 2 is 1.83 bits per heavy atom. The van der Waals surface area contributed by atoms with Gasteiger partial charge in [0.25, 0.3) is 0 Å². The number of hydrogen-bond donors (Lipinski definition) is 5. The molecule has 0 saturated heterocycles. The highest BCUT2D eigenvalue weighted by Crippen LogP contribution is 2.16. The van der Waals surface area contributed by atoms with Crippen LogP contribution in [0.3, 0.4) is 0 Å². The Bertz CT molecular complexity index is 150. The molecule has 70 valence electrons. The zero-order valence-electron chi connectivity index (χ0n) is 7.14. The molecule has 0 amide bonds. The van der Waals surface area contributed by atoms with Crippen molar-refractivity contribution in [1.29, 1.82) is 5.41 Å². The Morgan fingerprint density at radius 1 is 1.25 bits per heavy atom. The molecule has 0 atom stereocenters. The first kappa shape index (κ1) is 9.28. The van der Waals surface area contributed by atoms with Crippen LogP contribution in [0.25, 0.3) is 0 Å². The molecule has 12 heavy (non-hydrogen) atoms. The number of rotatable bonds is 1. The Kier molecular flexibility index (Phi) is 3.31. The molecule has 7 N–H and O–H groups in total. The third-order valence-corrected chi connectivity index (χ3v) is 2.26. The summed E-state index contributed by atoms with van der Waals surface area (Å²) in [4.78, 5) is 0. The van der Waals surface area contributed by atoms with Crippen LogP contribution in [0, 0.1) is 5.41 Å². The summed E-state index contributed by atoms with van der Waals surface area (Å²) in [5, 5.41) is 10.2. The van der Waals surface area contributed by atoms with Crippen LogP contribution >= 0.6 is 0 Å². The molecule has 1 aliphatic rings. The molecular weight excluding hydrogens is 154 g/mol. The zero-order chi connectivity index (χ0) is 8.97. The second-order valence-corrected chi connectivity index (χ2v) is 3.28. The molecule has 0 aromatic heterocycles. The van der Waals surface area contributed by atoms with Gasteiger partial charge >= 0.3 is 0 Å². The van der Waals surface area contributed by atoms with E-state index in [0.717, 1.165) is 25.7 Å². The van der Waals surface area contributed by atoms with Crippen molar-refractivity contribution in [2.24, 2.45) is 11.6 Å². The Balaban J connectivity index is 2.21. The fourth-order valence-electron chi connectivity index (χ4n) is 1.51. The fraction of sp³-hybridized carbons (Fsp3) is 0.857. The number of nitrogens with two attached hydrogens (primary N) is 2. The van der Waals surface area contributed by atoms with E-state index in [1.54, 1.807) is 0 Å². The fourth-order valence-corrected chi connectivity index (χ4v) is 1.51. The van der Waals surface area contributed by atoms with Gasteiger partial charge < -0.3 is 11.1 Å². The molecule has 0 heterocycles. The monoisotopic (exact) mass is 171 g/mol. The van der Waals surface area contributed by atoms with E-state index in [-0.39, 0.29) is 5.96 Å². The molecule has 5 heteroatoms. The smallest absolute Gasteiger partial charge is 0.203 e. The van der Waals surface area contributed by atoms with Crippen molar-refractivity contribution >= 4 is 5.96 Å². The maximum atomic E-state index is 7.25. The third kappa shape index (κ3) is 2.67. The van der Waals surface area contributed by atoms with Crippen molar-refractivity contribution in [3.8, 4) is 0 Å². The highest BCUT2D eigenvalue weighted by molar-refractivity contribution is 5.75. The first-order chi connectivity index (χ1) is 5.72. The molecule has 0 spiro atoms. The predicted octanol–water partition coefficient (Wildman–Crippen LogP) is -0.756. The summed E-state index contributed by atoms with van der Waals surface area (Å²) in [6.07, 6.45) is 4.14. The molecule has 0 bridgehead atoms. The predicted molar refractivity (Wildman–Crippen MR) is 48.4 cm³/mol. The van der Waals surface area contributed by atoms with Gasteiger partial charge in [-0.05, 0) is 25.7 Å². The summed E-state index contributed by atoms with van der Waals surface area (Å²) in [5.41, 5.74) is 8.00. The van der Waals surface area contributed by atoms with Crippen LogP contribution in [0.4, 0.5) is 0 Å². The van der Waals surface area contributed by atoms with E-state index in [4.69, 9.17) is 17.0 Å². The van der Waals surface area contributed by atoms with Crippen LogP contribution in [0.1, 0.15) is 25.7 Å². The van der Waals surface area contributed by atoms with Crippen LogP contribution in [0.2, 0.25) is 0 Å². The van der Waals surface area contributed by atoms with E-state index in [1.165, 1.54) is 0 Å². The average molecular weight is 171 g/mol. The van der Waals surface area contributed by atoms with E-state index in [2.05, 4.69) is 10.7 Å². The lowest BCUT2D eigenvalue weighted by Gasteiger charge is -2.27. The van der Waals surface area contributed by atoms with Gasteiger partial charge in [-0.3, -0.25) is 10.8 Å². The largest absolute Gasteiger partial charge is 0.353 e. The minimum absolute atomic E-state index is 0.190. The van der Waals surface area contributed by atoms with E-state index in [0.29, 0.717) is 12.1 Å². The van der Waals surface area contributed by atoms with Gasteiger partial charge in [-0.15, -0.1) is 0 Å². The lowest BCUT2D eigenvalue weighted by molar-refractivity contribution is 0.371. The summed E-state index contributed by atoms with van der Waals surface area (Å²) in [6.45, 7) is 0. The Labute approximate surface area is 72.4 Å². The number of guanidine groups is 1. The van der Waals surface area contributed by atoms with Gasteiger partial charge in [0, 0.05) is 12.1 Å². The molecule has 0 aliphatic heterocycles. The highest BCUT2D eigenvalue weighted by Gasteiger charge is 2.18. The molecule has 0 aromatic carbocycles. The quantitative estimate of drug-likeness (QED) is 0.155. The van der Waals surface area contributed by atoms with Gasteiger partial charge in [0.1, 0.15) is 0 Å². The number of nitrogens with one attached hydrogen (secondary N) is 3. The molecule has 1 rings (SSSR count). The maximum Gasteiger partial charge on any atom is 0.203 e. The molecular formula is C7H17N5. The van der Waals surface area contributed by atoms with E-state index in [9.17, 15) is 0 Å². The van der Waals surface area contributed by atoms with Crippen LogP contribution in [-0.2, 0) is 0 Å². The molecule has 0 aromatic rings. The van der Waals surface area contributed by atoms with E-state index in [1.807, 2.05) is 0 Å². The second-order valence-electron chi connectivity index (χ2n) is 3.28. The van der Waals surface area contributed by atoms with Crippen molar-refractivity contribution in [2.75, 3.05) is 0 Å². The normalized spacial score (nSPS) is 29.5. The van der Waals surface area contributed by atoms with Crippen LogP contribution in [0.15, 0.2) is 0 Å².